The molecule has 0 aliphatic rings. The topological polar surface area (TPSA) is 52.6 Å². The number of rotatable bonds is 6. The van der Waals surface area contributed by atoms with Crippen LogP contribution in [0.4, 0.5) is 5.69 Å². The molecule has 0 aromatic heterocycles. The van der Waals surface area contributed by atoms with Gasteiger partial charge in [-0.1, -0.05) is 13.0 Å². The molecule has 0 bridgehead atoms. The van der Waals surface area contributed by atoms with E-state index in [1.54, 1.807) is 6.92 Å². The van der Waals surface area contributed by atoms with Crippen LogP contribution in [0.25, 0.3) is 0 Å². The number of hydrogen-bond donors (Lipinski definition) is 2. The maximum absolute atomic E-state index is 11.4. The third kappa shape index (κ3) is 3.96. The lowest BCUT2D eigenvalue weighted by molar-refractivity contribution is -0.143. The summed E-state index contributed by atoms with van der Waals surface area (Å²) in [6.45, 7) is 8.77. The molecule has 0 aliphatic heterocycles. The van der Waals surface area contributed by atoms with Crippen molar-refractivity contribution in [3.8, 4) is 0 Å². The summed E-state index contributed by atoms with van der Waals surface area (Å²) in [5, 5.41) is 12.4. The van der Waals surface area contributed by atoms with Crippen LogP contribution in [0, 0.1) is 13.8 Å². The van der Waals surface area contributed by atoms with Gasteiger partial charge in [-0.3, -0.25) is 4.79 Å². The van der Waals surface area contributed by atoms with E-state index < -0.39 is 11.5 Å². The van der Waals surface area contributed by atoms with Gasteiger partial charge in [-0.15, -0.1) is 0 Å². The van der Waals surface area contributed by atoms with Gasteiger partial charge in [0.15, 0.2) is 0 Å². The van der Waals surface area contributed by atoms with Crippen molar-refractivity contribution in [2.24, 2.45) is 0 Å². The number of carboxylic acids is 1. The summed E-state index contributed by atoms with van der Waals surface area (Å²) < 4.78 is 0. The number of likely N-dealkylation sites (N-methyl/N-ethyl adjacent to an activating group) is 2. The normalized spacial score (nSPS) is 13.9. The van der Waals surface area contributed by atoms with Gasteiger partial charge in [-0.25, -0.2) is 0 Å². The van der Waals surface area contributed by atoms with Gasteiger partial charge in [0.2, 0.25) is 0 Å². The number of anilines is 1. The molecule has 0 aliphatic carbocycles. The summed E-state index contributed by atoms with van der Waals surface area (Å²) in [6, 6.07) is 6.25. The highest BCUT2D eigenvalue weighted by Gasteiger charge is 2.33. The Morgan fingerprint density at radius 3 is 2.26 bits per heavy atom. The zero-order chi connectivity index (χ0) is 14.6. The SMILES string of the molecule is CCNC(C)(CN(C)c1cc(C)cc(C)c1)C(=O)O. The Labute approximate surface area is 115 Å². The lowest BCUT2D eigenvalue weighted by Gasteiger charge is -2.32. The van der Waals surface area contributed by atoms with Gasteiger partial charge in [0, 0.05) is 19.3 Å². The Morgan fingerprint density at radius 1 is 1.32 bits per heavy atom. The lowest BCUT2D eigenvalue weighted by Crippen LogP contribution is -2.56. The van der Waals surface area contributed by atoms with E-state index >= 15 is 0 Å². The van der Waals surface area contributed by atoms with Crippen molar-refractivity contribution in [3.63, 3.8) is 0 Å². The van der Waals surface area contributed by atoms with Crippen molar-refractivity contribution < 1.29 is 9.90 Å². The monoisotopic (exact) mass is 264 g/mol. The van der Waals surface area contributed by atoms with E-state index in [1.807, 2.05) is 32.7 Å². The second-order valence-electron chi connectivity index (χ2n) is 5.37. The molecule has 0 radical (unpaired) electrons. The fourth-order valence-electron chi connectivity index (χ4n) is 2.33. The van der Waals surface area contributed by atoms with Crippen LogP contribution in [-0.4, -0.2) is 36.8 Å². The number of nitrogens with one attached hydrogen (secondary N) is 1. The number of aryl methyl sites for hydroxylation is 2. The summed E-state index contributed by atoms with van der Waals surface area (Å²) in [7, 11) is 1.92. The zero-order valence-corrected chi connectivity index (χ0v) is 12.4. The molecular formula is C15H24N2O2. The minimum absolute atomic E-state index is 0.416. The standard InChI is InChI=1S/C15H24N2O2/c1-6-16-15(4,14(18)19)10-17(5)13-8-11(2)7-12(3)9-13/h7-9,16H,6,10H2,1-5H3,(H,18,19). The fourth-order valence-corrected chi connectivity index (χ4v) is 2.33. The summed E-state index contributed by atoms with van der Waals surface area (Å²) in [5.41, 5.74) is 2.47. The number of carboxylic acid groups (broad SMARTS) is 1. The Kier molecular flexibility index (Phi) is 4.95. The van der Waals surface area contributed by atoms with E-state index in [0.29, 0.717) is 13.1 Å². The van der Waals surface area contributed by atoms with Crippen LogP contribution in [0.2, 0.25) is 0 Å². The third-order valence-corrected chi connectivity index (χ3v) is 3.24. The molecule has 1 aromatic rings. The van der Waals surface area contributed by atoms with E-state index in [-0.39, 0.29) is 0 Å². The molecule has 1 aromatic carbocycles. The van der Waals surface area contributed by atoms with Gasteiger partial charge in [0.1, 0.15) is 5.54 Å². The van der Waals surface area contributed by atoms with Crippen molar-refractivity contribution in [1.82, 2.24) is 5.32 Å². The summed E-state index contributed by atoms with van der Waals surface area (Å²) in [4.78, 5) is 13.4. The van der Waals surface area contributed by atoms with Crippen molar-refractivity contribution >= 4 is 11.7 Å². The minimum Gasteiger partial charge on any atom is -0.480 e. The van der Waals surface area contributed by atoms with Crippen LogP contribution in [0.3, 0.4) is 0 Å². The van der Waals surface area contributed by atoms with Crippen molar-refractivity contribution in [1.29, 1.82) is 0 Å². The van der Waals surface area contributed by atoms with Gasteiger partial charge >= 0.3 is 5.97 Å². The first-order valence-corrected chi connectivity index (χ1v) is 6.56. The van der Waals surface area contributed by atoms with E-state index in [4.69, 9.17) is 0 Å². The first kappa shape index (κ1) is 15.5. The van der Waals surface area contributed by atoms with Gasteiger partial charge in [-0.2, -0.15) is 0 Å². The fraction of sp³-hybridized carbons (Fsp3) is 0.533. The highest BCUT2D eigenvalue weighted by Crippen LogP contribution is 2.19. The molecule has 19 heavy (non-hydrogen) atoms. The summed E-state index contributed by atoms with van der Waals surface area (Å²) in [6.07, 6.45) is 0. The number of aliphatic carboxylic acids is 1. The average molecular weight is 264 g/mol. The molecule has 2 N–H and O–H groups in total. The number of benzene rings is 1. The minimum atomic E-state index is -0.943. The van der Waals surface area contributed by atoms with Crippen LogP contribution in [0.1, 0.15) is 25.0 Å². The molecule has 1 atom stereocenters. The number of hydrogen-bond acceptors (Lipinski definition) is 3. The predicted molar refractivity (Wildman–Crippen MR) is 78.9 cm³/mol. The van der Waals surface area contributed by atoms with Crippen LogP contribution in [0.15, 0.2) is 18.2 Å². The summed E-state index contributed by atoms with van der Waals surface area (Å²) >= 11 is 0. The highest BCUT2D eigenvalue weighted by molar-refractivity contribution is 5.79. The number of carbonyl (C=O) groups is 1. The maximum Gasteiger partial charge on any atom is 0.325 e. The van der Waals surface area contributed by atoms with Gasteiger partial charge in [0.25, 0.3) is 0 Å². The van der Waals surface area contributed by atoms with Gasteiger partial charge in [-0.05, 0) is 50.6 Å². The molecule has 0 amide bonds. The van der Waals surface area contributed by atoms with E-state index in [1.165, 1.54) is 11.1 Å². The molecule has 0 fully saturated rings. The summed E-state index contributed by atoms with van der Waals surface area (Å²) in [5.74, 6) is -0.828. The molecule has 1 unspecified atom stereocenters. The molecule has 0 spiro atoms. The molecule has 106 valence electrons. The Bertz CT molecular complexity index is 439. The molecule has 0 heterocycles. The predicted octanol–water partition coefficient (Wildman–Crippen LogP) is 2.19. The first-order valence-electron chi connectivity index (χ1n) is 6.56. The Hall–Kier alpha value is -1.55. The van der Waals surface area contributed by atoms with Crippen LogP contribution in [0.5, 0.6) is 0 Å². The molecule has 1 rings (SSSR count). The van der Waals surface area contributed by atoms with E-state index in [0.717, 1.165) is 5.69 Å². The Balaban J connectivity index is 2.93. The average Bonchev–Trinajstić information content (AvgIpc) is 2.27. The Morgan fingerprint density at radius 2 is 1.84 bits per heavy atom. The van der Waals surface area contributed by atoms with Crippen LogP contribution in [-0.2, 0) is 4.79 Å². The third-order valence-electron chi connectivity index (χ3n) is 3.24. The molecule has 0 saturated carbocycles. The van der Waals surface area contributed by atoms with Crippen LogP contribution < -0.4 is 10.2 Å². The second-order valence-corrected chi connectivity index (χ2v) is 5.37. The van der Waals surface area contributed by atoms with Crippen molar-refractivity contribution in [2.75, 3.05) is 25.0 Å². The molecular weight excluding hydrogens is 240 g/mol. The van der Waals surface area contributed by atoms with Crippen molar-refractivity contribution in [2.45, 2.75) is 33.2 Å². The van der Waals surface area contributed by atoms with E-state index in [9.17, 15) is 9.90 Å². The van der Waals surface area contributed by atoms with E-state index in [2.05, 4.69) is 23.5 Å². The highest BCUT2D eigenvalue weighted by atomic mass is 16.4. The number of nitrogens with zero attached hydrogens (tertiary/aromatic N) is 1. The maximum atomic E-state index is 11.4. The second kappa shape index (κ2) is 6.06. The lowest BCUT2D eigenvalue weighted by atomic mass is 10.0. The largest absolute Gasteiger partial charge is 0.480 e. The smallest absolute Gasteiger partial charge is 0.325 e. The first-order chi connectivity index (χ1) is 8.78. The molecule has 0 saturated heterocycles. The van der Waals surface area contributed by atoms with Gasteiger partial charge < -0.3 is 15.3 Å². The van der Waals surface area contributed by atoms with Crippen LogP contribution >= 0.6 is 0 Å². The van der Waals surface area contributed by atoms with Crippen molar-refractivity contribution in [3.05, 3.63) is 29.3 Å². The molecule has 4 nitrogen and oxygen atoms in total. The zero-order valence-electron chi connectivity index (χ0n) is 12.4. The molecule has 4 heteroatoms. The van der Waals surface area contributed by atoms with Gasteiger partial charge in [0.05, 0.1) is 0 Å². The quantitative estimate of drug-likeness (QED) is 0.827.